The van der Waals surface area contributed by atoms with Gasteiger partial charge in [-0.15, -0.1) is 0 Å². The van der Waals surface area contributed by atoms with Gasteiger partial charge in [0.1, 0.15) is 17.3 Å². The molecule has 1 atom stereocenters. The number of pyridine rings is 1. The van der Waals surface area contributed by atoms with Crippen LogP contribution < -0.4 is 4.90 Å². The van der Waals surface area contributed by atoms with E-state index in [1.807, 2.05) is 11.5 Å². The Morgan fingerprint density at radius 3 is 2.81 bits per heavy atom. The molecule has 1 N–H and O–H groups in total. The minimum Gasteiger partial charge on any atom is -0.462 e. The van der Waals surface area contributed by atoms with Gasteiger partial charge in [-0.2, -0.15) is 5.26 Å². The highest BCUT2D eigenvalue weighted by atomic mass is 32.1. The Labute approximate surface area is 158 Å². The molecule has 3 rings (SSSR count). The fourth-order valence-corrected chi connectivity index (χ4v) is 3.75. The van der Waals surface area contributed by atoms with E-state index in [-0.39, 0.29) is 0 Å². The van der Waals surface area contributed by atoms with Crippen molar-refractivity contribution in [3.8, 4) is 6.07 Å². The lowest BCUT2D eigenvalue weighted by atomic mass is 10.0. The molecule has 0 saturated carbocycles. The van der Waals surface area contributed by atoms with Crippen LogP contribution in [0.3, 0.4) is 0 Å². The smallest absolute Gasteiger partial charge is 0.339 e. The summed E-state index contributed by atoms with van der Waals surface area (Å²) in [5.74, 6) is -0.413. The van der Waals surface area contributed by atoms with E-state index in [2.05, 4.69) is 30.3 Å². The first-order valence-electron chi connectivity index (χ1n) is 8.77. The Balaban J connectivity index is 1.95. The van der Waals surface area contributed by atoms with Gasteiger partial charge in [-0.1, -0.05) is 36.5 Å². The number of benzene rings is 1. The van der Waals surface area contributed by atoms with Crippen LogP contribution in [0.5, 0.6) is 0 Å². The summed E-state index contributed by atoms with van der Waals surface area (Å²) < 4.78 is 7.52. The van der Waals surface area contributed by atoms with Gasteiger partial charge >= 0.3 is 5.97 Å². The van der Waals surface area contributed by atoms with Crippen LogP contribution in [0.1, 0.15) is 39.7 Å². The first-order chi connectivity index (χ1) is 12.5. The standard InChI is InChI=1S/C20H21N3O2S/c1-3-25-20(24)18-10-17(11-21)19(26)23(14(18)2)13-22-9-8-15-6-4-5-7-16(15)12-22/h4-7,10H,3,8-9,12-13H2,1-2H3/p+1. The zero-order chi connectivity index (χ0) is 18.7. The highest BCUT2D eigenvalue weighted by Crippen LogP contribution is 2.15. The molecular weight excluding hydrogens is 346 g/mol. The van der Waals surface area contributed by atoms with Gasteiger partial charge in [0.2, 0.25) is 0 Å². The fraction of sp³-hybridized carbons (Fsp3) is 0.350. The first-order valence-corrected chi connectivity index (χ1v) is 9.18. The number of carbonyl (C=O) groups is 1. The molecule has 26 heavy (non-hydrogen) atoms. The number of nitrogens with zero attached hydrogens (tertiary/aromatic N) is 2. The third-order valence-corrected chi connectivity index (χ3v) is 5.30. The number of hydrogen-bond donors (Lipinski definition) is 1. The van der Waals surface area contributed by atoms with E-state index in [0.717, 1.165) is 25.2 Å². The Kier molecular flexibility index (Phi) is 5.50. The molecule has 6 heteroatoms. The molecule has 0 radical (unpaired) electrons. The van der Waals surface area contributed by atoms with Crippen molar-refractivity contribution >= 4 is 18.2 Å². The van der Waals surface area contributed by atoms with Crippen LogP contribution in [0.2, 0.25) is 0 Å². The van der Waals surface area contributed by atoms with Gasteiger partial charge in [0, 0.05) is 17.7 Å². The second-order valence-electron chi connectivity index (χ2n) is 6.48. The zero-order valence-electron chi connectivity index (χ0n) is 15.0. The molecule has 1 aromatic heterocycles. The lowest BCUT2D eigenvalue weighted by Gasteiger charge is -2.27. The average Bonchev–Trinajstić information content (AvgIpc) is 2.65. The maximum absolute atomic E-state index is 12.3. The fourth-order valence-electron chi connectivity index (χ4n) is 3.44. The molecule has 0 amide bonds. The molecule has 0 spiro atoms. The Bertz CT molecular complexity index is 943. The highest BCUT2D eigenvalue weighted by molar-refractivity contribution is 7.71. The van der Waals surface area contributed by atoms with Gasteiger partial charge in [0.25, 0.3) is 0 Å². The molecule has 2 heterocycles. The van der Waals surface area contributed by atoms with E-state index < -0.39 is 5.97 Å². The van der Waals surface area contributed by atoms with Crippen molar-refractivity contribution in [3.05, 3.63) is 62.9 Å². The van der Waals surface area contributed by atoms with Gasteiger partial charge < -0.3 is 9.64 Å². The lowest BCUT2D eigenvalue weighted by molar-refractivity contribution is -0.938. The largest absolute Gasteiger partial charge is 0.462 e. The second-order valence-corrected chi connectivity index (χ2v) is 6.86. The number of ether oxygens (including phenoxy) is 1. The number of esters is 1. The number of rotatable bonds is 4. The van der Waals surface area contributed by atoms with Gasteiger partial charge in [-0.05, 0) is 25.5 Å². The van der Waals surface area contributed by atoms with E-state index >= 15 is 0 Å². The summed E-state index contributed by atoms with van der Waals surface area (Å²) in [6.07, 6.45) is 1.01. The molecule has 2 aromatic rings. The zero-order valence-corrected chi connectivity index (χ0v) is 15.9. The van der Waals surface area contributed by atoms with Crippen molar-refractivity contribution in [2.24, 2.45) is 0 Å². The van der Waals surface area contributed by atoms with E-state index in [4.69, 9.17) is 17.0 Å². The number of hydrogen-bond acceptors (Lipinski definition) is 4. The second kappa shape index (κ2) is 7.81. The van der Waals surface area contributed by atoms with Crippen LogP contribution in [0.4, 0.5) is 0 Å². The molecule has 0 fully saturated rings. The van der Waals surface area contributed by atoms with Crippen LogP contribution >= 0.6 is 12.2 Å². The van der Waals surface area contributed by atoms with Crippen LogP contribution in [0, 0.1) is 22.9 Å². The Hall–Kier alpha value is -2.49. The summed E-state index contributed by atoms with van der Waals surface area (Å²) in [6.45, 7) is 6.45. The normalized spacial score (nSPS) is 15.8. The molecule has 1 unspecified atom stereocenters. The molecule has 1 aliphatic rings. The van der Waals surface area contributed by atoms with Crippen LogP contribution in [0.25, 0.3) is 0 Å². The minimum atomic E-state index is -0.413. The summed E-state index contributed by atoms with van der Waals surface area (Å²) in [4.78, 5) is 13.6. The summed E-state index contributed by atoms with van der Waals surface area (Å²) in [7, 11) is 0. The quantitative estimate of drug-likeness (QED) is 0.664. The third-order valence-electron chi connectivity index (χ3n) is 4.86. The average molecular weight is 368 g/mol. The molecular formula is C20H22N3O2S+. The molecule has 1 aliphatic heterocycles. The molecule has 134 valence electrons. The van der Waals surface area contributed by atoms with Gasteiger partial charge in [-0.3, -0.25) is 4.57 Å². The van der Waals surface area contributed by atoms with Crippen molar-refractivity contribution in [2.45, 2.75) is 33.5 Å². The minimum absolute atomic E-state index is 0.296. The predicted molar refractivity (Wildman–Crippen MR) is 100 cm³/mol. The van der Waals surface area contributed by atoms with Crippen molar-refractivity contribution < 1.29 is 14.4 Å². The topological polar surface area (TPSA) is 59.5 Å². The van der Waals surface area contributed by atoms with E-state index in [0.29, 0.717) is 29.0 Å². The SMILES string of the molecule is CCOC(=O)c1cc(C#N)c(=S)n(C[NH+]2CCc3ccccc3C2)c1C. The molecule has 5 nitrogen and oxygen atoms in total. The van der Waals surface area contributed by atoms with Gasteiger partial charge in [0.15, 0.2) is 6.67 Å². The first kappa shape index (κ1) is 18.3. The number of quaternary nitrogens is 1. The third kappa shape index (κ3) is 3.55. The van der Waals surface area contributed by atoms with E-state index in [1.165, 1.54) is 16.0 Å². The summed E-state index contributed by atoms with van der Waals surface area (Å²) in [5, 5.41) is 9.42. The van der Waals surface area contributed by atoms with Crippen molar-refractivity contribution in [3.63, 3.8) is 0 Å². The highest BCUT2D eigenvalue weighted by Gasteiger charge is 2.22. The van der Waals surface area contributed by atoms with E-state index in [1.54, 1.807) is 13.0 Å². The van der Waals surface area contributed by atoms with Crippen LogP contribution in [-0.2, 0) is 24.4 Å². The molecule has 0 bridgehead atoms. The number of nitriles is 1. The predicted octanol–water partition coefficient (Wildman–Crippen LogP) is 2.17. The number of fused-ring (bicyclic) bond motifs is 1. The summed E-state index contributed by atoms with van der Waals surface area (Å²) >= 11 is 5.51. The summed E-state index contributed by atoms with van der Waals surface area (Å²) in [5.41, 5.74) is 4.24. The van der Waals surface area contributed by atoms with Gasteiger partial charge in [-0.25, -0.2) is 4.79 Å². The molecule has 1 aromatic carbocycles. The van der Waals surface area contributed by atoms with Crippen molar-refractivity contribution in [2.75, 3.05) is 13.2 Å². The van der Waals surface area contributed by atoms with Crippen molar-refractivity contribution in [1.82, 2.24) is 4.57 Å². The monoisotopic (exact) mass is 368 g/mol. The maximum Gasteiger partial charge on any atom is 0.339 e. The molecule has 0 saturated heterocycles. The Morgan fingerprint density at radius 2 is 2.12 bits per heavy atom. The van der Waals surface area contributed by atoms with Crippen LogP contribution in [-0.4, -0.2) is 23.7 Å². The maximum atomic E-state index is 12.3. The Morgan fingerprint density at radius 1 is 1.38 bits per heavy atom. The van der Waals surface area contributed by atoms with Crippen LogP contribution in [0.15, 0.2) is 30.3 Å². The number of aromatic nitrogens is 1. The summed E-state index contributed by atoms with van der Waals surface area (Å²) in [6, 6.07) is 12.1. The number of carbonyl (C=O) groups excluding carboxylic acids is 1. The van der Waals surface area contributed by atoms with E-state index in [9.17, 15) is 10.1 Å². The van der Waals surface area contributed by atoms with Crippen molar-refractivity contribution in [1.29, 1.82) is 5.26 Å². The lowest BCUT2D eigenvalue weighted by Crippen LogP contribution is -3.11. The van der Waals surface area contributed by atoms with Gasteiger partial charge in [0.05, 0.1) is 24.3 Å². The molecule has 0 aliphatic carbocycles. The number of nitrogens with one attached hydrogen (secondary N) is 1.